The Morgan fingerprint density at radius 2 is 1.84 bits per heavy atom. The summed E-state index contributed by atoms with van der Waals surface area (Å²) in [7, 11) is 2.17. The molecule has 2 aliphatic carbocycles. The van der Waals surface area contributed by atoms with E-state index >= 15 is 0 Å². The molecule has 0 aliphatic heterocycles. The van der Waals surface area contributed by atoms with Crippen LogP contribution in [0.3, 0.4) is 0 Å². The maximum atomic E-state index is 3.60. The van der Waals surface area contributed by atoms with Gasteiger partial charge in [-0.25, -0.2) is 0 Å². The summed E-state index contributed by atoms with van der Waals surface area (Å²) in [4.78, 5) is 2.79. The van der Waals surface area contributed by atoms with E-state index in [-0.39, 0.29) is 0 Å². The van der Waals surface area contributed by atoms with E-state index in [4.69, 9.17) is 0 Å². The molecule has 2 aliphatic rings. The third kappa shape index (κ3) is 4.46. The minimum Gasteiger partial charge on any atom is -0.317 e. The summed E-state index contributed by atoms with van der Waals surface area (Å²) in [6, 6.07) is 1.70. The molecule has 2 rings (SSSR count). The van der Waals surface area contributed by atoms with E-state index in [1.807, 2.05) is 0 Å². The lowest BCUT2D eigenvalue weighted by molar-refractivity contribution is 0.134. The lowest BCUT2D eigenvalue weighted by Gasteiger charge is -2.39. The van der Waals surface area contributed by atoms with Crippen LogP contribution in [0.15, 0.2) is 0 Å². The highest BCUT2D eigenvalue weighted by molar-refractivity contribution is 4.90. The number of hydrogen-bond donors (Lipinski definition) is 1. The highest BCUT2D eigenvalue weighted by Gasteiger charge is 2.34. The van der Waals surface area contributed by atoms with E-state index in [0.29, 0.717) is 0 Å². The fraction of sp³-hybridized carbons (Fsp3) is 1.00. The van der Waals surface area contributed by atoms with Crippen LogP contribution in [0, 0.1) is 11.8 Å². The van der Waals surface area contributed by atoms with Crippen molar-refractivity contribution in [2.75, 3.05) is 20.1 Å². The Labute approximate surface area is 120 Å². The minimum atomic E-state index is 0.770. The lowest BCUT2D eigenvalue weighted by Crippen LogP contribution is -2.45. The van der Waals surface area contributed by atoms with E-state index in [2.05, 4.69) is 31.1 Å². The molecule has 2 heteroatoms. The predicted octanol–water partition coefficient (Wildman–Crippen LogP) is 3.67. The molecular weight excluding hydrogens is 232 g/mol. The van der Waals surface area contributed by atoms with Gasteiger partial charge in [0.2, 0.25) is 0 Å². The molecule has 0 saturated heterocycles. The number of rotatable bonds is 8. The van der Waals surface area contributed by atoms with Gasteiger partial charge in [-0.05, 0) is 64.0 Å². The number of nitrogens with one attached hydrogen (secondary N) is 1. The van der Waals surface area contributed by atoms with Crippen molar-refractivity contribution in [1.82, 2.24) is 10.2 Å². The van der Waals surface area contributed by atoms with Crippen molar-refractivity contribution in [3.63, 3.8) is 0 Å². The maximum Gasteiger partial charge on any atom is 0.0105 e. The second kappa shape index (κ2) is 7.64. The van der Waals surface area contributed by atoms with Gasteiger partial charge >= 0.3 is 0 Å². The molecule has 0 aromatic heterocycles. The van der Waals surface area contributed by atoms with Crippen molar-refractivity contribution in [3.05, 3.63) is 0 Å². The highest BCUT2D eigenvalue weighted by atomic mass is 15.2. The largest absolute Gasteiger partial charge is 0.317 e. The maximum absolute atomic E-state index is 3.60. The average Bonchev–Trinajstić information content (AvgIpc) is 3.23. The van der Waals surface area contributed by atoms with Gasteiger partial charge in [0.05, 0.1) is 0 Å². The summed E-state index contributed by atoms with van der Waals surface area (Å²) in [5.74, 6) is 1.89. The molecule has 0 bridgehead atoms. The van der Waals surface area contributed by atoms with Crippen molar-refractivity contribution in [2.24, 2.45) is 11.8 Å². The normalized spacial score (nSPS) is 31.9. The first kappa shape index (κ1) is 15.3. The van der Waals surface area contributed by atoms with Crippen LogP contribution < -0.4 is 5.32 Å². The van der Waals surface area contributed by atoms with Crippen LogP contribution in [0.25, 0.3) is 0 Å². The number of nitrogens with zero attached hydrogens (tertiary/aromatic N) is 1. The Kier molecular flexibility index (Phi) is 6.15. The molecule has 0 radical (unpaired) electrons. The van der Waals surface area contributed by atoms with Gasteiger partial charge in [0.25, 0.3) is 0 Å². The van der Waals surface area contributed by atoms with Crippen LogP contribution in [0.1, 0.15) is 65.2 Å². The van der Waals surface area contributed by atoms with Gasteiger partial charge in [-0.3, -0.25) is 0 Å². The highest BCUT2D eigenvalue weighted by Crippen LogP contribution is 2.35. The average molecular weight is 266 g/mol. The van der Waals surface area contributed by atoms with Crippen molar-refractivity contribution in [2.45, 2.75) is 77.3 Å². The molecule has 112 valence electrons. The summed E-state index contributed by atoms with van der Waals surface area (Å²) >= 11 is 0. The molecule has 3 atom stereocenters. The third-order valence-corrected chi connectivity index (χ3v) is 5.20. The summed E-state index contributed by atoms with van der Waals surface area (Å²) in [6.45, 7) is 7.33. The standard InChI is InChI=1S/C17H34N2/c1-4-6-14-7-10-17(18-3)15(12-14)13-19(11-5-2)16-8-9-16/h14-18H,4-13H2,1-3H3. The van der Waals surface area contributed by atoms with E-state index in [0.717, 1.165) is 23.9 Å². The zero-order chi connectivity index (χ0) is 13.7. The Morgan fingerprint density at radius 3 is 2.42 bits per heavy atom. The summed E-state index contributed by atoms with van der Waals surface area (Å²) < 4.78 is 0. The molecule has 3 unspecified atom stereocenters. The summed E-state index contributed by atoms with van der Waals surface area (Å²) in [6.07, 6.45) is 11.3. The van der Waals surface area contributed by atoms with Crippen LogP contribution >= 0.6 is 0 Å². The van der Waals surface area contributed by atoms with Crippen LogP contribution in [0.2, 0.25) is 0 Å². The lowest BCUT2D eigenvalue weighted by atomic mass is 9.76. The molecule has 2 saturated carbocycles. The van der Waals surface area contributed by atoms with Gasteiger partial charge in [0, 0.05) is 18.6 Å². The zero-order valence-corrected chi connectivity index (χ0v) is 13.3. The summed E-state index contributed by atoms with van der Waals surface area (Å²) in [5.41, 5.74) is 0. The first-order chi connectivity index (χ1) is 9.28. The molecule has 1 N–H and O–H groups in total. The van der Waals surface area contributed by atoms with Crippen molar-refractivity contribution < 1.29 is 0 Å². The van der Waals surface area contributed by atoms with Gasteiger partial charge in [-0.2, -0.15) is 0 Å². The van der Waals surface area contributed by atoms with Gasteiger partial charge in [-0.15, -0.1) is 0 Å². The Morgan fingerprint density at radius 1 is 1.05 bits per heavy atom. The fourth-order valence-corrected chi connectivity index (χ4v) is 4.06. The Balaban J connectivity index is 1.88. The molecule has 0 spiro atoms. The van der Waals surface area contributed by atoms with Crippen LogP contribution in [0.5, 0.6) is 0 Å². The van der Waals surface area contributed by atoms with E-state index < -0.39 is 0 Å². The molecule has 0 aromatic carbocycles. The summed E-state index contributed by atoms with van der Waals surface area (Å²) in [5, 5.41) is 3.60. The molecule has 0 amide bonds. The molecular formula is C17H34N2. The second-order valence-corrected chi connectivity index (χ2v) is 6.85. The smallest absolute Gasteiger partial charge is 0.0105 e. The Bertz CT molecular complexity index is 250. The van der Waals surface area contributed by atoms with Gasteiger partial charge < -0.3 is 10.2 Å². The third-order valence-electron chi connectivity index (χ3n) is 5.20. The van der Waals surface area contributed by atoms with E-state index in [1.54, 1.807) is 0 Å². The van der Waals surface area contributed by atoms with Crippen molar-refractivity contribution in [1.29, 1.82) is 0 Å². The topological polar surface area (TPSA) is 15.3 Å². The van der Waals surface area contributed by atoms with E-state index in [1.165, 1.54) is 64.5 Å². The molecule has 0 heterocycles. The monoisotopic (exact) mass is 266 g/mol. The Hall–Kier alpha value is -0.0800. The molecule has 2 nitrogen and oxygen atoms in total. The van der Waals surface area contributed by atoms with E-state index in [9.17, 15) is 0 Å². The first-order valence-corrected chi connectivity index (χ1v) is 8.69. The SMILES string of the molecule is CCCC1CCC(NC)C(CN(CCC)C2CC2)C1. The van der Waals surface area contributed by atoms with Crippen LogP contribution in [-0.4, -0.2) is 37.1 Å². The first-order valence-electron chi connectivity index (χ1n) is 8.69. The van der Waals surface area contributed by atoms with Crippen molar-refractivity contribution in [3.8, 4) is 0 Å². The quantitative estimate of drug-likeness (QED) is 0.721. The van der Waals surface area contributed by atoms with Gasteiger partial charge in [-0.1, -0.05) is 26.7 Å². The van der Waals surface area contributed by atoms with Crippen LogP contribution in [-0.2, 0) is 0 Å². The molecule has 19 heavy (non-hydrogen) atoms. The number of hydrogen-bond acceptors (Lipinski definition) is 2. The second-order valence-electron chi connectivity index (χ2n) is 6.85. The minimum absolute atomic E-state index is 0.770. The molecule has 0 aromatic rings. The van der Waals surface area contributed by atoms with Gasteiger partial charge in [0.1, 0.15) is 0 Å². The zero-order valence-electron chi connectivity index (χ0n) is 13.3. The molecule has 2 fully saturated rings. The fourth-order valence-electron chi connectivity index (χ4n) is 4.06. The van der Waals surface area contributed by atoms with Crippen LogP contribution in [0.4, 0.5) is 0 Å². The predicted molar refractivity (Wildman–Crippen MR) is 83.5 cm³/mol. The van der Waals surface area contributed by atoms with Gasteiger partial charge in [0.15, 0.2) is 0 Å². The van der Waals surface area contributed by atoms with Crippen molar-refractivity contribution >= 4 is 0 Å².